The number of rotatable bonds is 3. The highest BCUT2D eigenvalue weighted by Gasteiger charge is 2.10. The van der Waals surface area contributed by atoms with Gasteiger partial charge in [0.2, 0.25) is 0 Å². The van der Waals surface area contributed by atoms with Crippen LogP contribution in [0.25, 0.3) is 11.3 Å². The minimum atomic E-state index is -0.299. The van der Waals surface area contributed by atoms with E-state index in [2.05, 4.69) is 4.98 Å². The van der Waals surface area contributed by atoms with Crippen molar-refractivity contribution >= 4 is 5.78 Å². The van der Waals surface area contributed by atoms with E-state index >= 15 is 0 Å². The topological polar surface area (TPSA) is 30.0 Å². The van der Waals surface area contributed by atoms with Crippen molar-refractivity contribution < 1.29 is 9.18 Å². The monoisotopic (exact) mass is 291 g/mol. The van der Waals surface area contributed by atoms with Crippen molar-refractivity contribution in [1.29, 1.82) is 0 Å². The van der Waals surface area contributed by atoms with E-state index < -0.39 is 0 Å². The van der Waals surface area contributed by atoms with Gasteiger partial charge in [-0.3, -0.25) is 9.78 Å². The van der Waals surface area contributed by atoms with Gasteiger partial charge in [-0.15, -0.1) is 0 Å². The Morgan fingerprint density at radius 3 is 2.41 bits per heavy atom. The maximum Gasteiger partial charge on any atom is 0.194 e. The molecule has 0 aliphatic heterocycles. The minimum Gasteiger partial charge on any atom is -0.289 e. The molecule has 22 heavy (non-hydrogen) atoms. The number of ketones is 1. The molecule has 0 spiro atoms. The molecular formula is C19H14FNO. The van der Waals surface area contributed by atoms with Gasteiger partial charge < -0.3 is 0 Å². The first-order chi connectivity index (χ1) is 10.6. The van der Waals surface area contributed by atoms with E-state index in [0.717, 1.165) is 11.1 Å². The molecule has 3 heteroatoms. The van der Waals surface area contributed by atoms with Gasteiger partial charge in [-0.05, 0) is 36.8 Å². The predicted octanol–water partition coefficient (Wildman–Crippen LogP) is 4.43. The normalized spacial score (nSPS) is 10.5. The van der Waals surface area contributed by atoms with Gasteiger partial charge in [0.1, 0.15) is 5.82 Å². The maximum atomic E-state index is 13.4. The molecule has 0 radical (unpaired) electrons. The molecule has 0 saturated heterocycles. The van der Waals surface area contributed by atoms with Crippen LogP contribution in [0.1, 0.15) is 21.5 Å². The average molecular weight is 291 g/mol. The van der Waals surface area contributed by atoms with Crippen molar-refractivity contribution in [2.45, 2.75) is 6.92 Å². The molecule has 0 bridgehead atoms. The van der Waals surface area contributed by atoms with Crippen LogP contribution in [0.4, 0.5) is 4.39 Å². The molecule has 0 fully saturated rings. The standard InChI is InChI=1S/C19H14FNO/c1-13-7-9-16(20)11-17(13)18-10-8-15(12-21-18)19(22)14-5-3-2-4-6-14/h2-12H,1H3. The summed E-state index contributed by atoms with van der Waals surface area (Å²) in [4.78, 5) is 16.6. The highest BCUT2D eigenvalue weighted by molar-refractivity contribution is 6.08. The quantitative estimate of drug-likeness (QED) is 0.668. The summed E-state index contributed by atoms with van der Waals surface area (Å²) in [5, 5.41) is 0. The van der Waals surface area contributed by atoms with Crippen LogP contribution in [0.5, 0.6) is 0 Å². The second-order valence-corrected chi connectivity index (χ2v) is 5.09. The van der Waals surface area contributed by atoms with Crippen molar-refractivity contribution in [2.24, 2.45) is 0 Å². The number of nitrogens with zero attached hydrogens (tertiary/aromatic N) is 1. The molecule has 108 valence electrons. The smallest absolute Gasteiger partial charge is 0.194 e. The summed E-state index contributed by atoms with van der Waals surface area (Å²) in [7, 11) is 0. The van der Waals surface area contributed by atoms with Crippen LogP contribution in [0.15, 0.2) is 66.9 Å². The van der Waals surface area contributed by atoms with Gasteiger partial charge in [0.25, 0.3) is 0 Å². The van der Waals surface area contributed by atoms with Gasteiger partial charge in [-0.25, -0.2) is 4.39 Å². The van der Waals surface area contributed by atoms with E-state index in [9.17, 15) is 9.18 Å². The Morgan fingerprint density at radius 2 is 1.73 bits per heavy atom. The van der Waals surface area contributed by atoms with Crippen LogP contribution in [0.3, 0.4) is 0 Å². The van der Waals surface area contributed by atoms with Gasteiger partial charge in [0.05, 0.1) is 5.69 Å². The molecule has 0 atom stereocenters. The number of hydrogen-bond donors (Lipinski definition) is 0. The summed E-state index contributed by atoms with van der Waals surface area (Å²) in [6.45, 7) is 1.90. The minimum absolute atomic E-state index is 0.0735. The van der Waals surface area contributed by atoms with Crippen molar-refractivity contribution in [1.82, 2.24) is 4.98 Å². The molecule has 0 saturated carbocycles. The van der Waals surface area contributed by atoms with Crippen LogP contribution >= 0.6 is 0 Å². The Morgan fingerprint density at radius 1 is 0.955 bits per heavy atom. The van der Waals surface area contributed by atoms with E-state index in [1.54, 1.807) is 30.3 Å². The number of hydrogen-bond acceptors (Lipinski definition) is 2. The van der Waals surface area contributed by atoms with Crippen molar-refractivity contribution in [3.63, 3.8) is 0 Å². The molecule has 3 aromatic rings. The summed E-state index contributed by atoms with van der Waals surface area (Å²) in [6.07, 6.45) is 1.54. The first-order valence-electron chi connectivity index (χ1n) is 6.97. The zero-order valence-corrected chi connectivity index (χ0v) is 12.1. The Labute approximate surface area is 128 Å². The Hall–Kier alpha value is -2.81. The third kappa shape index (κ3) is 2.79. The lowest BCUT2D eigenvalue weighted by Crippen LogP contribution is -2.01. The summed E-state index contributed by atoms with van der Waals surface area (Å²) >= 11 is 0. The highest BCUT2D eigenvalue weighted by atomic mass is 19.1. The zero-order valence-electron chi connectivity index (χ0n) is 12.1. The van der Waals surface area contributed by atoms with E-state index in [1.165, 1.54) is 18.3 Å². The molecule has 0 aliphatic carbocycles. The van der Waals surface area contributed by atoms with Crippen LogP contribution in [0.2, 0.25) is 0 Å². The fourth-order valence-corrected chi connectivity index (χ4v) is 2.31. The number of halogens is 1. The van der Waals surface area contributed by atoms with Gasteiger partial charge in [0.15, 0.2) is 5.78 Å². The van der Waals surface area contributed by atoms with E-state index in [0.29, 0.717) is 16.8 Å². The van der Waals surface area contributed by atoms with E-state index in [1.807, 2.05) is 25.1 Å². The number of carbonyl (C=O) groups excluding carboxylic acids is 1. The second-order valence-electron chi connectivity index (χ2n) is 5.09. The molecule has 1 aromatic heterocycles. The highest BCUT2D eigenvalue weighted by Crippen LogP contribution is 2.23. The zero-order chi connectivity index (χ0) is 15.5. The largest absolute Gasteiger partial charge is 0.289 e. The molecule has 0 unspecified atom stereocenters. The van der Waals surface area contributed by atoms with E-state index in [4.69, 9.17) is 0 Å². The van der Waals surface area contributed by atoms with Crippen molar-refractivity contribution in [2.75, 3.05) is 0 Å². The molecule has 0 aliphatic rings. The molecule has 0 N–H and O–H groups in total. The lowest BCUT2D eigenvalue weighted by atomic mass is 10.0. The summed E-state index contributed by atoms with van der Waals surface area (Å²) in [5.74, 6) is -0.373. The van der Waals surface area contributed by atoms with Crippen LogP contribution in [-0.4, -0.2) is 10.8 Å². The lowest BCUT2D eigenvalue weighted by molar-refractivity contribution is 0.103. The SMILES string of the molecule is Cc1ccc(F)cc1-c1ccc(C(=O)c2ccccc2)cn1. The molecule has 1 heterocycles. The Kier molecular flexibility index (Phi) is 3.79. The van der Waals surface area contributed by atoms with Crippen molar-refractivity contribution in [3.05, 3.63) is 89.4 Å². The first kappa shape index (κ1) is 14.1. The van der Waals surface area contributed by atoms with Gasteiger partial charge in [-0.2, -0.15) is 0 Å². The number of pyridine rings is 1. The van der Waals surface area contributed by atoms with Crippen LogP contribution in [0, 0.1) is 12.7 Å². The first-order valence-corrected chi connectivity index (χ1v) is 6.97. The lowest BCUT2D eigenvalue weighted by Gasteiger charge is -2.06. The second kappa shape index (κ2) is 5.90. The van der Waals surface area contributed by atoms with Crippen LogP contribution in [-0.2, 0) is 0 Å². The Balaban J connectivity index is 1.93. The van der Waals surface area contributed by atoms with Crippen molar-refractivity contribution in [3.8, 4) is 11.3 Å². The van der Waals surface area contributed by atoms with Gasteiger partial charge in [0, 0.05) is 22.9 Å². The third-order valence-corrected chi connectivity index (χ3v) is 3.54. The number of aromatic nitrogens is 1. The number of benzene rings is 2. The average Bonchev–Trinajstić information content (AvgIpc) is 2.57. The van der Waals surface area contributed by atoms with Crippen LogP contribution < -0.4 is 0 Å². The third-order valence-electron chi connectivity index (χ3n) is 3.54. The Bertz CT molecular complexity index is 811. The molecule has 0 amide bonds. The molecule has 2 nitrogen and oxygen atoms in total. The number of carbonyl (C=O) groups is 1. The summed E-state index contributed by atoms with van der Waals surface area (Å²) in [6, 6.07) is 17.1. The summed E-state index contributed by atoms with van der Waals surface area (Å²) in [5.41, 5.74) is 3.47. The fourth-order valence-electron chi connectivity index (χ4n) is 2.31. The van der Waals surface area contributed by atoms with Gasteiger partial charge in [-0.1, -0.05) is 36.4 Å². The number of aryl methyl sites for hydroxylation is 1. The van der Waals surface area contributed by atoms with E-state index in [-0.39, 0.29) is 11.6 Å². The summed E-state index contributed by atoms with van der Waals surface area (Å²) < 4.78 is 13.4. The van der Waals surface area contributed by atoms with Gasteiger partial charge >= 0.3 is 0 Å². The molecular weight excluding hydrogens is 277 g/mol. The maximum absolute atomic E-state index is 13.4. The predicted molar refractivity (Wildman–Crippen MR) is 84.2 cm³/mol. The fraction of sp³-hybridized carbons (Fsp3) is 0.0526. The molecule has 2 aromatic carbocycles. The molecule has 3 rings (SSSR count).